The van der Waals surface area contributed by atoms with Gasteiger partial charge in [-0.2, -0.15) is 0 Å². The van der Waals surface area contributed by atoms with Gasteiger partial charge in [0.2, 0.25) is 5.91 Å². The van der Waals surface area contributed by atoms with Gasteiger partial charge in [0.1, 0.15) is 17.6 Å². The second-order valence-corrected chi connectivity index (χ2v) is 7.92. The first-order valence-corrected chi connectivity index (χ1v) is 10.8. The number of hydrogen-bond acceptors (Lipinski definition) is 8. The van der Waals surface area contributed by atoms with Crippen LogP contribution in [0.3, 0.4) is 0 Å². The molecule has 11 heteroatoms. The molecule has 0 aliphatic heterocycles. The number of benzene rings is 1. The second kappa shape index (κ2) is 9.14. The van der Waals surface area contributed by atoms with E-state index in [1.54, 1.807) is 19.3 Å². The van der Waals surface area contributed by atoms with Crippen LogP contribution in [0.2, 0.25) is 0 Å². The first kappa shape index (κ1) is 21.3. The summed E-state index contributed by atoms with van der Waals surface area (Å²) in [4.78, 5) is 37.1. The lowest BCUT2D eigenvalue weighted by molar-refractivity contribution is -0.121. The number of amides is 1. The van der Waals surface area contributed by atoms with Crippen molar-refractivity contribution in [1.29, 1.82) is 0 Å². The highest BCUT2D eigenvalue weighted by atomic mass is 16.6. The maximum absolute atomic E-state index is 12.9. The van der Waals surface area contributed by atoms with Gasteiger partial charge in [0.05, 0.1) is 24.0 Å². The minimum Gasteiger partial charge on any atom is -0.365 e. The van der Waals surface area contributed by atoms with Crippen LogP contribution in [0.1, 0.15) is 17.0 Å². The second-order valence-electron chi connectivity index (χ2n) is 7.92. The molecule has 11 nitrogen and oxygen atoms in total. The smallest absolute Gasteiger partial charge is 0.293 e. The summed E-state index contributed by atoms with van der Waals surface area (Å²) in [6, 6.07) is 9.52. The molecule has 4 heterocycles. The van der Waals surface area contributed by atoms with Gasteiger partial charge in [-0.05, 0) is 53.5 Å². The van der Waals surface area contributed by atoms with Gasteiger partial charge in [0.25, 0.3) is 5.56 Å². The van der Waals surface area contributed by atoms with Crippen molar-refractivity contribution in [3.05, 3.63) is 76.2 Å². The Bertz CT molecular complexity index is 1530. The summed E-state index contributed by atoms with van der Waals surface area (Å²) >= 11 is 0. The lowest BCUT2D eigenvalue weighted by Crippen LogP contribution is -2.34. The average Bonchev–Trinajstić information content (AvgIpc) is 3.50. The van der Waals surface area contributed by atoms with Crippen molar-refractivity contribution < 1.29 is 9.42 Å². The first-order chi connectivity index (χ1) is 16.6. The molecule has 0 aliphatic rings. The van der Waals surface area contributed by atoms with Crippen LogP contribution < -0.4 is 16.2 Å². The minimum atomic E-state index is -0.349. The Morgan fingerprint density at radius 2 is 2.00 bits per heavy atom. The highest BCUT2D eigenvalue weighted by molar-refractivity contribution is 5.79. The normalized spacial score (nSPS) is 11.2. The van der Waals surface area contributed by atoms with Gasteiger partial charge in [-0.1, -0.05) is 6.07 Å². The molecule has 4 aromatic heterocycles. The summed E-state index contributed by atoms with van der Waals surface area (Å²) in [6.45, 7) is 2.40. The summed E-state index contributed by atoms with van der Waals surface area (Å²) in [6.07, 6.45) is 5.79. The maximum Gasteiger partial charge on any atom is 0.293 e. The van der Waals surface area contributed by atoms with Crippen LogP contribution >= 0.6 is 0 Å². The summed E-state index contributed by atoms with van der Waals surface area (Å²) in [5, 5.41) is 14.5. The van der Waals surface area contributed by atoms with Crippen molar-refractivity contribution in [2.45, 2.75) is 26.4 Å². The van der Waals surface area contributed by atoms with Gasteiger partial charge in [-0.25, -0.2) is 9.61 Å². The van der Waals surface area contributed by atoms with Crippen molar-refractivity contribution in [3.8, 4) is 0 Å². The predicted molar refractivity (Wildman–Crippen MR) is 125 cm³/mol. The fraction of sp³-hybridized carbons (Fsp3) is 0.217. The quantitative estimate of drug-likeness (QED) is 0.320. The minimum absolute atomic E-state index is 0.107. The van der Waals surface area contributed by atoms with Crippen molar-refractivity contribution >= 4 is 33.7 Å². The lowest BCUT2D eigenvalue weighted by Gasteiger charge is -2.12. The van der Waals surface area contributed by atoms with Crippen molar-refractivity contribution in [2.24, 2.45) is 0 Å². The van der Waals surface area contributed by atoms with E-state index in [0.29, 0.717) is 29.7 Å². The number of aromatic nitrogens is 6. The number of H-pyrrole nitrogens is 1. The zero-order chi connectivity index (χ0) is 23.5. The van der Waals surface area contributed by atoms with Gasteiger partial charge in [0.15, 0.2) is 5.82 Å². The summed E-state index contributed by atoms with van der Waals surface area (Å²) in [5.74, 6) is -0.0880. The Labute approximate surface area is 193 Å². The monoisotopic (exact) mass is 458 g/mol. The van der Waals surface area contributed by atoms with Crippen LogP contribution in [0, 0.1) is 6.92 Å². The molecule has 0 bridgehead atoms. The molecule has 0 saturated heterocycles. The molecular formula is C23H22N8O3. The number of aryl methyl sites for hydroxylation is 1. The van der Waals surface area contributed by atoms with Crippen LogP contribution in [0.4, 0.5) is 5.82 Å². The molecule has 3 N–H and O–H groups in total. The molecule has 5 rings (SSSR count). The third-order valence-electron chi connectivity index (χ3n) is 5.54. The Morgan fingerprint density at radius 1 is 1.12 bits per heavy atom. The number of pyridine rings is 1. The van der Waals surface area contributed by atoms with E-state index in [1.807, 2.05) is 36.5 Å². The average molecular weight is 458 g/mol. The molecule has 1 amide bonds. The van der Waals surface area contributed by atoms with Crippen molar-refractivity contribution in [3.63, 3.8) is 0 Å². The lowest BCUT2D eigenvalue weighted by atomic mass is 10.1. The number of nitrogens with one attached hydrogen (secondary N) is 3. The third kappa shape index (κ3) is 4.49. The number of carbonyl (C=O) groups excluding carboxylic acids is 1. The molecule has 0 fully saturated rings. The van der Waals surface area contributed by atoms with E-state index in [0.717, 1.165) is 22.2 Å². The van der Waals surface area contributed by atoms with E-state index in [9.17, 15) is 9.59 Å². The van der Waals surface area contributed by atoms with Crippen LogP contribution in [0.15, 0.2) is 58.3 Å². The summed E-state index contributed by atoms with van der Waals surface area (Å²) < 4.78 is 6.12. The van der Waals surface area contributed by atoms with E-state index in [4.69, 9.17) is 4.63 Å². The highest BCUT2D eigenvalue weighted by Gasteiger charge is 2.12. The third-order valence-corrected chi connectivity index (χ3v) is 5.54. The SMILES string of the molecule is Cc1cnc(NCCc2ccc3nonc3c2)c(=O)n1CC(=O)NCc1cc2cc[nH]c2cn1. The Hall–Kier alpha value is -4.54. The molecule has 1 aromatic carbocycles. The van der Waals surface area contributed by atoms with Gasteiger partial charge >= 0.3 is 0 Å². The van der Waals surface area contributed by atoms with E-state index < -0.39 is 0 Å². The Morgan fingerprint density at radius 3 is 2.91 bits per heavy atom. The molecule has 5 aromatic rings. The van der Waals surface area contributed by atoms with E-state index in [2.05, 4.69) is 35.9 Å². The van der Waals surface area contributed by atoms with Gasteiger partial charge in [-0.3, -0.25) is 19.1 Å². The van der Waals surface area contributed by atoms with E-state index >= 15 is 0 Å². The molecule has 0 aliphatic carbocycles. The summed E-state index contributed by atoms with van der Waals surface area (Å²) in [5.41, 5.74) is 4.32. The highest BCUT2D eigenvalue weighted by Crippen LogP contribution is 2.13. The summed E-state index contributed by atoms with van der Waals surface area (Å²) in [7, 11) is 0. The zero-order valence-electron chi connectivity index (χ0n) is 18.4. The number of rotatable bonds is 8. The standard InChI is InChI=1S/C23H22N8O3/c1-14-10-28-22(25-6-4-15-2-3-18-19(8-15)30-34-29-18)23(33)31(14)13-21(32)27-11-17-9-16-5-7-24-20(16)12-26-17/h2-3,5,7-10,12,24H,4,6,11,13H2,1H3,(H,25,28)(H,27,32). The van der Waals surface area contributed by atoms with Crippen molar-refractivity contribution in [1.82, 2.24) is 35.1 Å². The fourth-order valence-electron chi connectivity index (χ4n) is 3.68. The fourth-order valence-corrected chi connectivity index (χ4v) is 3.68. The van der Waals surface area contributed by atoms with Gasteiger partial charge < -0.3 is 15.6 Å². The van der Waals surface area contributed by atoms with E-state index in [1.165, 1.54) is 4.57 Å². The zero-order valence-corrected chi connectivity index (χ0v) is 18.4. The number of carbonyl (C=O) groups is 1. The largest absolute Gasteiger partial charge is 0.365 e. The van der Waals surface area contributed by atoms with Crippen LogP contribution in [0.5, 0.6) is 0 Å². The number of fused-ring (bicyclic) bond motifs is 2. The van der Waals surface area contributed by atoms with Crippen LogP contribution in [-0.2, 0) is 24.3 Å². The van der Waals surface area contributed by atoms with E-state index in [-0.39, 0.29) is 30.4 Å². The topological polar surface area (TPSA) is 144 Å². The molecule has 0 atom stereocenters. The van der Waals surface area contributed by atoms with Crippen LogP contribution in [0.25, 0.3) is 21.9 Å². The molecule has 34 heavy (non-hydrogen) atoms. The Kier molecular flexibility index (Phi) is 5.73. The van der Waals surface area contributed by atoms with Crippen LogP contribution in [-0.4, -0.2) is 42.3 Å². The van der Waals surface area contributed by atoms with Gasteiger partial charge in [0, 0.05) is 30.0 Å². The maximum atomic E-state index is 12.9. The molecule has 172 valence electrons. The molecule has 0 unspecified atom stereocenters. The molecular weight excluding hydrogens is 436 g/mol. The Balaban J connectivity index is 1.20. The number of nitrogens with zero attached hydrogens (tertiary/aromatic N) is 5. The number of hydrogen-bond donors (Lipinski definition) is 3. The number of aromatic amines is 1. The number of anilines is 1. The molecule has 0 saturated carbocycles. The van der Waals surface area contributed by atoms with Crippen molar-refractivity contribution in [2.75, 3.05) is 11.9 Å². The predicted octanol–water partition coefficient (Wildman–Crippen LogP) is 1.94. The molecule has 0 radical (unpaired) electrons. The molecule has 0 spiro atoms. The van der Waals surface area contributed by atoms with Gasteiger partial charge in [-0.15, -0.1) is 0 Å². The first-order valence-electron chi connectivity index (χ1n) is 10.8.